The van der Waals surface area contributed by atoms with Crippen LogP contribution in [0.3, 0.4) is 0 Å². The topological polar surface area (TPSA) is 84.6 Å². The molecule has 2 heterocycles. The smallest absolute Gasteiger partial charge is 0.406 e. The maximum absolute atomic E-state index is 13.0. The Kier molecular flexibility index (Phi) is 10.1. The van der Waals surface area contributed by atoms with Crippen LogP contribution in [0.2, 0.25) is 0 Å². The number of benzene rings is 3. The van der Waals surface area contributed by atoms with Crippen molar-refractivity contribution < 1.29 is 22.7 Å². The molecule has 12 heteroatoms. The van der Waals surface area contributed by atoms with Gasteiger partial charge in [0.05, 0.1) is 5.69 Å². The first-order chi connectivity index (χ1) is 21.6. The molecule has 0 saturated carbocycles. The highest BCUT2D eigenvalue weighted by Gasteiger charge is 2.31. The summed E-state index contributed by atoms with van der Waals surface area (Å²) in [6.45, 7) is 6.82. The van der Waals surface area contributed by atoms with E-state index < -0.39 is 6.36 Å². The van der Waals surface area contributed by atoms with Crippen molar-refractivity contribution in [2.75, 3.05) is 17.2 Å². The second kappa shape index (κ2) is 14.2. The molecule has 0 aliphatic carbocycles. The largest absolute Gasteiger partial charge is 0.573 e. The Morgan fingerprint density at radius 3 is 2.51 bits per heavy atom. The van der Waals surface area contributed by atoms with Crippen molar-refractivity contribution in [3.8, 4) is 22.8 Å². The van der Waals surface area contributed by atoms with Crippen LogP contribution < -0.4 is 15.0 Å². The average molecular weight is 637 g/mol. The van der Waals surface area contributed by atoms with Crippen LogP contribution in [0.15, 0.2) is 84.1 Å². The summed E-state index contributed by atoms with van der Waals surface area (Å²) in [4.78, 5) is 24.1. The standard InChI is InChI=1S/C33H35F3N6O2S/c1-4-23-8-6-7-9-29(23)42-22(3)18-19-45-32(42)39-31(43)37-20-24(5-2)25-10-12-26(13-11-25)30-38-21-41(40-30)27-14-16-28(17-15-27)44-33(34,35)36/h6-17,21-22,24H,4-5,18-20H2,1-3H3,(H,37,43)/b39-32-. The van der Waals surface area contributed by atoms with Crippen molar-refractivity contribution in [2.45, 2.75) is 58.4 Å². The summed E-state index contributed by atoms with van der Waals surface area (Å²) >= 11 is 1.61. The van der Waals surface area contributed by atoms with Crippen LogP contribution in [0.4, 0.5) is 23.7 Å². The number of alkyl halides is 3. The zero-order valence-corrected chi connectivity index (χ0v) is 26.1. The molecule has 3 aromatic carbocycles. The second-order valence-electron chi connectivity index (χ2n) is 10.7. The maximum atomic E-state index is 13.0. The number of nitrogens with zero attached hydrogens (tertiary/aromatic N) is 5. The number of hydrogen-bond acceptors (Lipinski definition) is 5. The van der Waals surface area contributed by atoms with Gasteiger partial charge in [-0.05, 0) is 67.6 Å². The lowest BCUT2D eigenvalue weighted by Crippen LogP contribution is -2.42. The minimum absolute atomic E-state index is 0.0843. The van der Waals surface area contributed by atoms with E-state index in [1.165, 1.54) is 40.8 Å². The number of carbonyl (C=O) groups excluding carboxylic acids is 1. The highest BCUT2D eigenvalue weighted by Crippen LogP contribution is 2.32. The molecule has 1 aromatic heterocycles. The van der Waals surface area contributed by atoms with Gasteiger partial charge in [-0.15, -0.1) is 18.3 Å². The lowest BCUT2D eigenvalue weighted by atomic mass is 9.95. The zero-order chi connectivity index (χ0) is 32.0. The summed E-state index contributed by atoms with van der Waals surface area (Å²) in [6.07, 6.45) is -0.514. The van der Waals surface area contributed by atoms with Gasteiger partial charge < -0.3 is 15.0 Å². The summed E-state index contributed by atoms with van der Waals surface area (Å²) in [5, 5.41) is 8.21. The molecule has 1 aliphatic rings. The Balaban J connectivity index is 1.22. The van der Waals surface area contributed by atoms with Gasteiger partial charge in [-0.1, -0.05) is 68.1 Å². The monoisotopic (exact) mass is 636 g/mol. The highest BCUT2D eigenvalue weighted by atomic mass is 32.2. The van der Waals surface area contributed by atoms with Gasteiger partial charge in [-0.3, -0.25) is 0 Å². The van der Waals surface area contributed by atoms with E-state index in [1.54, 1.807) is 11.8 Å². The minimum atomic E-state index is -4.75. The number of halogens is 3. The minimum Gasteiger partial charge on any atom is -0.406 e. The number of aliphatic imine (C=N–C) groups is 1. The van der Waals surface area contributed by atoms with Gasteiger partial charge in [-0.2, -0.15) is 4.99 Å². The number of para-hydroxylation sites is 1. The second-order valence-corrected chi connectivity index (χ2v) is 11.8. The number of amides is 2. The molecule has 2 amide bonds. The van der Waals surface area contributed by atoms with Crippen molar-refractivity contribution in [1.29, 1.82) is 0 Å². The number of thioether (sulfide) groups is 1. The summed E-state index contributed by atoms with van der Waals surface area (Å²) in [6, 6.07) is 21.4. The molecule has 1 N–H and O–H groups in total. The van der Waals surface area contributed by atoms with Crippen LogP contribution in [0.5, 0.6) is 5.75 Å². The van der Waals surface area contributed by atoms with E-state index in [0.717, 1.165) is 47.0 Å². The van der Waals surface area contributed by atoms with Gasteiger partial charge in [-0.25, -0.2) is 14.5 Å². The third-order valence-electron chi connectivity index (χ3n) is 7.70. The lowest BCUT2D eigenvalue weighted by Gasteiger charge is -2.36. The fourth-order valence-electron chi connectivity index (χ4n) is 5.24. The number of amidine groups is 1. The summed E-state index contributed by atoms with van der Waals surface area (Å²) in [5.41, 5.74) is 4.73. The normalized spacial score (nSPS) is 16.9. The molecule has 0 bridgehead atoms. The van der Waals surface area contributed by atoms with Crippen LogP contribution in [0, 0.1) is 0 Å². The fourth-order valence-corrected chi connectivity index (χ4v) is 6.45. The number of urea groups is 1. The van der Waals surface area contributed by atoms with Gasteiger partial charge in [0.2, 0.25) is 0 Å². The van der Waals surface area contributed by atoms with Crippen molar-refractivity contribution in [2.24, 2.45) is 4.99 Å². The SMILES string of the molecule is CCc1ccccc1N1/C(=N/C(=O)NCC(CC)c2ccc(-c3ncn(-c4ccc(OC(F)(F)F)cc4)n3)cc2)SCCC1C. The Bertz CT molecular complexity index is 1620. The number of rotatable bonds is 9. The number of carbonyl (C=O) groups is 1. The van der Waals surface area contributed by atoms with Crippen molar-refractivity contribution >= 4 is 28.6 Å². The van der Waals surface area contributed by atoms with Crippen molar-refractivity contribution in [1.82, 2.24) is 20.1 Å². The van der Waals surface area contributed by atoms with E-state index in [2.05, 4.69) is 62.9 Å². The molecule has 1 saturated heterocycles. The molecule has 2 unspecified atom stereocenters. The van der Waals surface area contributed by atoms with E-state index >= 15 is 0 Å². The number of aryl methyl sites for hydroxylation is 1. The molecular weight excluding hydrogens is 601 g/mol. The predicted molar refractivity (Wildman–Crippen MR) is 172 cm³/mol. The molecule has 5 rings (SSSR count). The Morgan fingerprint density at radius 1 is 1.09 bits per heavy atom. The first-order valence-electron chi connectivity index (χ1n) is 14.9. The Hall–Kier alpha value is -4.32. The molecule has 2 atom stereocenters. The fraction of sp³-hybridized carbons (Fsp3) is 0.333. The average Bonchev–Trinajstić information content (AvgIpc) is 3.52. The van der Waals surface area contributed by atoms with Crippen molar-refractivity contribution in [3.05, 3.63) is 90.3 Å². The Labute approximate surface area is 264 Å². The van der Waals surface area contributed by atoms with Gasteiger partial charge in [0.1, 0.15) is 12.1 Å². The molecule has 4 aromatic rings. The van der Waals surface area contributed by atoms with Gasteiger partial charge >= 0.3 is 12.4 Å². The zero-order valence-electron chi connectivity index (χ0n) is 25.3. The Morgan fingerprint density at radius 2 is 1.82 bits per heavy atom. The molecule has 1 fully saturated rings. The van der Waals surface area contributed by atoms with Crippen molar-refractivity contribution in [3.63, 3.8) is 0 Å². The molecule has 0 radical (unpaired) electrons. The van der Waals surface area contributed by atoms with Crippen LogP contribution in [-0.4, -0.2) is 50.7 Å². The molecule has 0 spiro atoms. The van der Waals surface area contributed by atoms with Crippen LogP contribution >= 0.6 is 11.8 Å². The maximum Gasteiger partial charge on any atom is 0.573 e. The van der Waals surface area contributed by atoms with Gasteiger partial charge in [0.25, 0.3) is 0 Å². The first kappa shape index (κ1) is 32.1. The lowest BCUT2D eigenvalue weighted by molar-refractivity contribution is -0.274. The summed E-state index contributed by atoms with van der Waals surface area (Å²) in [7, 11) is 0. The van der Waals surface area contributed by atoms with E-state index in [0.29, 0.717) is 18.1 Å². The first-order valence-corrected chi connectivity index (χ1v) is 15.9. The van der Waals surface area contributed by atoms with E-state index in [1.807, 2.05) is 36.4 Å². The van der Waals surface area contributed by atoms with Crippen LogP contribution in [0.1, 0.15) is 50.7 Å². The molecule has 8 nitrogen and oxygen atoms in total. The number of aromatic nitrogens is 3. The third-order valence-corrected chi connectivity index (χ3v) is 8.69. The number of anilines is 1. The predicted octanol–water partition coefficient (Wildman–Crippen LogP) is 7.99. The van der Waals surface area contributed by atoms with E-state index in [9.17, 15) is 18.0 Å². The van der Waals surface area contributed by atoms with Crippen LogP contribution in [-0.2, 0) is 6.42 Å². The van der Waals surface area contributed by atoms with Gasteiger partial charge in [0, 0.05) is 35.5 Å². The van der Waals surface area contributed by atoms with E-state index in [4.69, 9.17) is 0 Å². The summed E-state index contributed by atoms with van der Waals surface area (Å²) in [5.74, 6) is 1.17. The number of hydrogen-bond donors (Lipinski definition) is 1. The quantitative estimate of drug-likeness (QED) is 0.201. The van der Waals surface area contributed by atoms with Crippen LogP contribution in [0.25, 0.3) is 17.1 Å². The highest BCUT2D eigenvalue weighted by molar-refractivity contribution is 8.14. The molecule has 1 aliphatic heterocycles. The number of ether oxygens (including phenoxy) is 1. The summed E-state index contributed by atoms with van der Waals surface area (Å²) < 4.78 is 42.8. The molecule has 236 valence electrons. The van der Waals surface area contributed by atoms with E-state index in [-0.39, 0.29) is 23.7 Å². The molecule has 45 heavy (non-hydrogen) atoms. The third kappa shape index (κ3) is 8.05. The molecular formula is C33H35F3N6O2S. The number of nitrogens with one attached hydrogen (secondary N) is 1. The van der Waals surface area contributed by atoms with Gasteiger partial charge in [0.15, 0.2) is 11.0 Å².